The van der Waals surface area contributed by atoms with E-state index < -0.39 is 11.9 Å². The third kappa shape index (κ3) is 5.14. The molecule has 0 spiro atoms. The topological polar surface area (TPSA) is 49.4 Å². The lowest BCUT2D eigenvalue weighted by Gasteiger charge is -2.29. The lowest BCUT2D eigenvalue weighted by molar-refractivity contribution is -0.140. The van der Waals surface area contributed by atoms with E-state index in [0.717, 1.165) is 5.56 Å². The molecule has 25 heavy (non-hydrogen) atoms. The Labute approximate surface area is 147 Å². The van der Waals surface area contributed by atoms with Crippen molar-refractivity contribution in [1.82, 2.24) is 10.2 Å². The number of benzene rings is 2. The molecule has 0 aliphatic carbocycles. The molecule has 0 saturated heterocycles. The van der Waals surface area contributed by atoms with Gasteiger partial charge in [-0.25, -0.2) is 4.39 Å². The molecule has 0 aliphatic rings. The molecule has 0 aliphatic heterocycles. The van der Waals surface area contributed by atoms with Crippen molar-refractivity contribution in [3.8, 4) is 0 Å². The van der Waals surface area contributed by atoms with E-state index in [9.17, 15) is 14.0 Å². The van der Waals surface area contributed by atoms with Crippen molar-refractivity contribution in [3.63, 3.8) is 0 Å². The van der Waals surface area contributed by atoms with Crippen LogP contribution in [0.4, 0.5) is 4.39 Å². The summed E-state index contributed by atoms with van der Waals surface area (Å²) in [6.45, 7) is 4.30. The Hall–Kier alpha value is -2.69. The molecule has 0 heterocycles. The van der Waals surface area contributed by atoms with E-state index in [1.165, 1.54) is 11.0 Å². The van der Waals surface area contributed by atoms with Gasteiger partial charge in [-0.15, -0.1) is 0 Å². The quantitative estimate of drug-likeness (QED) is 0.841. The lowest BCUT2D eigenvalue weighted by Crippen LogP contribution is -2.48. The molecule has 2 aromatic carbocycles. The van der Waals surface area contributed by atoms with Gasteiger partial charge < -0.3 is 10.2 Å². The van der Waals surface area contributed by atoms with Gasteiger partial charge in [-0.05, 0) is 31.0 Å². The average Bonchev–Trinajstić information content (AvgIpc) is 2.62. The number of halogens is 1. The third-order valence-electron chi connectivity index (χ3n) is 4.01. The average molecular weight is 342 g/mol. The third-order valence-corrected chi connectivity index (χ3v) is 4.01. The predicted octanol–water partition coefficient (Wildman–Crippen LogP) is 2.92. The molecular weight excluding hydrogens is 319 g/mol. The Morgan fingerprint density at radius 1 is 1.08 bits per heavy atom. The van der Waals surface area contributed by atoms with Crippen LogP contribution in [0.1, 0.15) is 25.0 Å². The maximum atomic E-state index is 13.9. The molecule has 0 fully saturated rings. The van der Waals surface area contributed by atoms with E-state index >= 15 is 0 Å². The Morgan fingerprint density at radius 2 is 1.72 bits per heavy atom. The molecular formula is C20H23FN2O2. The summed E-state index contributed by atoms with van der Waals surface area (Å²) in [4.78, 5) is 26.5. The highest BCUT2D eigenvalue weighted by Crippen LogP contribution is 2.14. The summed E-state index contributed by atoms with van der Waals surface area (Å²) in [7, 11) is 0. The van der Waals surface area contributed by atoms with Crippen molar-refractivity contribution in [2.45, 2.75) is 32.9 Å². The minimum absolute atomic E-state index is 0.0801. The van der Waals surface area contributed by atoms with Crippen LogP contribution in [0.3, 0.4) is 0 Å². The van der Waals surface area contributed by atoms with Crippen molar-refractivity contribution in [1.29, 1.82) is 0 Å². The van der Waals surface area contributed by atoms with Crippen LogP contribution in [0, 0.1) is 5.82 Å². The van der Waals surface area contributed by atoms with E-state index in [1.807, 2.05) is 37.3 Å². The smallest absolute Gasteiger partial charge is 0.242 e. The zero-order valence-electron chi connectivity index (χ0n) is 14.5. The molecule has 2 aromatic rings. The Balaban J connectivity index is 2.22. The van der Waals surface area contributed by atoms with Crippen molar-refractivity contribution in [2.75, 3.05) is 6.54 Å². The normalized spacial score (nSPS) is 11.6. The van der Waals surface area contributed by atoms with E-state index in [1.54, 1.807) is 25.1 Å². The first kappa shape index (κ1) is 18.6. The maximum absolute atomic E-state index is 13.9. The molecule has 4 nitrogen and oxygen atoms in total. The Morgan fingerprint density at radius 3 is 2.36 bits per heavy atom. The highest BCUT2D eigenvalue weighted by atomic mass is 19.1. The minimum atomic E-state index is -0.639. The maximum Gasteiger partial charge on any atom is 0.242 e. The molecule has 132 valence electrons. The second-order valence-corrected chi connectivity index (χ2v) is 5.85. The Bertz CT molecular complexity index is 719. The van der Waals surface area contributed by atoms with Gasteiger partial charge in [0, 0.05) is 13.1 Å². The summed E-state index contributed by atoms with van der Waals surface area (Å²) in [5, 5.41) is 2.73. The van der Waals surface area contributed by atoms with Crippen LogP contribution in [0.5, 0.6) is 0 Å². The Kier molecular flexibility index (Phi) is 6.69. The number of hydrogen-bond acceptors (Lipinski definition) is 2. The minimum Gasteiger partial charge on any atom is -0.355 e. The number of likely N-dealkylation sites (N-methyl/N-ethyl adjacent to an activating group) is 1. The van der Waals surface area contributed by atoms with Crippen molar-refractivity contribution in [2.24, 2.45) is 0 Å². The molecule has 2 rings (SSSR count). The molecule has 0 aromatic heterocycles. The fourth-order valence-electron chi connectivity index (χ4n) is 2.59. The van der Waals surface area contributed by atoms with E-state index in [2.05, 4.69) is 5.32 Å². The first-order valence-corrected chi connectivity index (χ1v) is 8.37. The molecule has 0 radical (unpaired) electrons. The largest absolute Gasteiger partial charge is 0.355 e. The number of carbonyl (C=O) groups is 2. The van der Waals surface area contributed by atoms with Crippen molar-refractivity contribution < 1.29 is 14.0 Å². The van der Waals surface area contributed by atoms with Crippen molar-refractivity contribution in [3.05, 3.63) is 71.5 Å². The zero-order chi connectivity index (χ0) is 18.2. The summed E-state index contributed by atoms with van der Waals surface area (Å²) >= 11 is 0. The van der Waals surface area contributed by atoms with Gasteiger partial charge >= 0.3 is 0 Å². The van der Waals surface area contributed by atoms with Gasteiger partial charge in [0.05, 0.1) is 6.42 Å². The van der Waals surface area contributed by atoms with Crippen LogP contribution in [-0.4, -0.2) is 29.3 Å². The summed E-state index contributed by atoms with van der Waals surface area (Å²) in [6, 6.07) is 15.0. The number of carbonyl (C=O) groups excluding carboxylic acids is 2. The van der Waals surface area contributed by atoms with Gasteiger partial charge in [-0.2, -0.15) is 0 Å². The summed E-state index contributed by atoms with van der Waals surface area (Å²) in [5.41, 5.74) is 1.24. The first-order valence-electron chi connectivity index (χ1n) is 8.37. The van der Waals surface area contributed by atoms with Gasteiger partial charge in [-0.1, -0.05) is 48.5 Å². The lowest BCUT2D eigenvalue weighted by atomic mass is 10.1. The molecule has 1 unspecified atom stereocenters. The summed E-state index contributed by atoms with van der Waals surface area (Å²) < 4.78 is 13.9. The molecule has 1 N–H and O–H groups in total. The molecule has 2 amide bonds. The second kappa shape index (κ2) is 8.97. The van der Waals surface area contributed by atoms with E-state index in [0.29, 0.717) is 18.7 Å². The van der Waals surface area contributed by atoms with Gasteiger partial charge in [0.25, 0.3) is 0 Å². The van der Waals surface area contributed by atoms with Gasteiger partial charge in [0.15, 0.2) is 0 Å². The highest BCUT2D eigenvalue weighted by molar-refractivity contribution is 5.88. The van der Waals surface area contributed by atoms with Crippen LogP contribution >= 0.6 is 0 Å². The fraction of sp³-hybridized carbons (Fsp3) is 0.300. The number of hydrogen-bond donors (Lipinski definition) is 1. The summed E-state index contributed by atoms with van der Waals surface area (Å²) in [6.07, 6.45) is -0.0801. The monoisotopic (exact) mass is 342 g/mol. The fourth-order valence-corrected chi connectivity index (χ4v) is 2.59. The van der Waals surface area contributed by atoms with E-state index in [-0.39, 0.29) is 18.2 Å². The second-order valence-electron chi connectivity index (χ2n) is 5.85. The van der Waals surface area contributed by atoms with Gasteiger partial charge in [-0.3, -0.25) is 9.59 Å². The summed E-state index contributed by atoms with van der Waals surface area (Å²) in [5.74, 6) is -0.922. The molecule has 0 bridgehead atoms. The van der Waals surface area contributed by atoms with Crippen LogP contribution < -0.4 is 5.32 Å². The molecule has 5 heteroatoms. The number of amides is 2. The first-order chi connectivity index (χ1) is 12.0. The van der Waals surface area contributed by atoms with Crippen LogP contribution in [0.2, 0.25) is 0 Å². The van der Waals surface area contributed by atoms with Crippen molar-refractivity contribution >= 4 is 11.8 Å². The van der Waals surface area contributed by atoms with Crippen LogP contribution in [-0.2, 0) is 22.6 Å². The SMILES string of the molecule is CCNC(=O)C(C)N(Cc1ccccc1)C(=O)Cc1ccccc1F. The van der Waals surface area contributed by atoms with Gasteiger partial charge in [0.2, 0.25) is 11.8 Å². The molecule has 0 saturated carbocycles. The standard InChI is InChI=1S/C20H23FN2O2/c1-3-22-20(25)15(2)23(14-16-9-5-4-6-10-16)19(24)13-17-11-7-8-12-18(17)21/h4-12,15H,3,13-14H2,1-2H3,(H,22,25). The van der Waals surface area contributed by atoms with Gasteiger partial charge in [0.1, 0.15) is 11.9 Å². The molecule has 1 atom stereocenters. The predicted molar refractivity (Wildman–Crippen MR) is 95.2 cm³/mol. The number of nitrogens with zero attached hydrogens (tertiary/aromatic N) is 1. The van der Waals surface area contributed by atoms with Crippen LogP contribution in [0.25, 0.3) is 0 Å². The van der Waals surface area contributed by atoms with Crippen LogP contribution in [0.15, 0.2) is 54.6 Å². The number of rotatable bonds is 7. The van der Waals surface area contributed by atoms with E-state index in [4.69, 9.17) is 0 Å². The zero-order valence-corrected chi connectivity index (χ0v) is 14.5. The highest BCUT2D eigenvalue weighted by Gasteiger charge is 2.26. The number of nitrogens with one attached hydrogen (secondary N) is 1.